The molecule has 0 fully saturated rings. The Hall–Kier alpha value is -0.420. The van der Waals surface area contributed by atoms with E-state index in [1.807, 2.05) is 0 Å². The van der Waals surface area contributed by atoms with Crippen LogP contribution in [0.25, 0.3) is 0 Å². The monoisotopic (exact) mass is 108 g/mol. The first-order chi connectivity index (χ1) is 3.33. The van der Waals surface area contributed by atoms with E-state index < -0.39 is 0 Å². The second-order valence-electron chi connectivity index (χ2n) is 0.553. The van der Waals surface area contributed by atoms with Crippen LogP contribution in [0.2, 0.25) is 0 Å². The van der Waals surface area contributed by atoms with Crippen molar-refractivity contribution >= 4 is 0 Å². The van der Waals surface area contributed by atoms with Gasteiger partial charge < -0.3 is 5.11 Å². The fraction of sp³-hybridized carbons (Fsp3) is 0.333. The average Bonchev–Trinajstić information content (AvgIpc) is 1.69. The Balaban J connectivity index is 0. The van der Waals surface area contributed by atoms with Crippen molar-refractivity contribution in [2.75, 3.05) is 6.61 Å². The van der Waals surface area contributed by atoms with Gasteiger partial charge in [-0.15, -0.1) is 6.58 Å². The molecule has 0 atom stereocenters. The summed E-state index contributed by atoms with van der Waals surface area (Å²) >= 11 is 0. The lowest BCUT2D eigenvalue weighted by molar-refractivity contribution is -0.465. The van der Waals surface area contributed by atoms with Crippen LogP contribution in [-0.4, -0.2) is 22.2 Å². The molecule has 0 saturated carbocycles. The predicted octanol–water partition coefficient (Wildman–Crippen LogP) is 0.114. The predicted molar refractivity (Wildman–Crippen MR) is 23.6 cm³/mol. The van der Waals surface area contributed by atoms with E-state index in [0.29, 0.717) is 0 Å². The molecule has 0 aromatic rings. The van der Waals surface area contributed by atoms with Crippen LogP contribution in [0.5, 0.6) is 0 Å². The van der Waals surface area contributed by atoms with Gasteiger partial charge in [0.15, 0.2) is 0 Å². The van der Waals surface area contributed by atoms with E-state index >= 15 is 0 Å². The van der Waals surface area contributed by atoms with Crippen LogP contribution in [0.3, 0.4) is 0 Å². The molecule has 0 unspecified atom stereocenters. The van der Waals surface area contributed by atoms with Crippen LogP contribution >= 0.6 is 0 Å². The van der Waals surface area contributed by atoms with Crippen molar-refractivity contribution in [2.45, 2.75) is 0 Å². The fourth-order valence-electron chi connectivity index (χ4n) is 0. The largest absolute Gasteiger partial charge is 0.392 e. The van der Waals surface area contributed by atoms with Crippen molar-refractivity contribution in [1.82, 2.24) is 0 Å². The quantitative estimate of drug-likeness (QED) is 0.253. The van der Waals surface area contributed by atoms with Gasteiger partial charge in [-0.1, -0.05) is 11.1 Å². The molecule has 0 aliphatic rings. The minimum absolute atomic E-state index is 0.0833. The third-order valence-corrected chi connectivity index (χ3v) is 0.129. The zero-order valence-corrected chi connectivity index (χ0v) is 3.74. The third-order valence-electron chi connectivity index (χ3n) is 0.129. The molecule has 0 spiro atoms. The van der Waals surface area contributed by atoms with E-state index in [1.165, 1.54) is 6.08 Å². The maximum Gasteiger partial charge on any atom is 0.0609 e. The highest BCUT2D eigenvalue weighted by Gasteiger charge is 1.45. The third kappa shape index (κ3) is 213. The molecule has 7 heavy (non-hydrogen) atoms. The van der Waals surface area contributed by atoms with E-state index in [4.69, 9.17) is 15.6 Å². The first kappa shape index (κ1) is 9.77. The first-order valence-corrected chi connectivity index (χ1v) is 1.50. The van der Waals surface area contributed by atoms with Crippen molar-refractivity contribution in [3.63, 3.8) is 0 Å². The summed E-state index contributed by atoms with van der Waals surface area (Å²) < 4.78 is 0. The Labute approximate surface area is 41.1 Å². The van der Waals surface area contributed by atoms with Gasteiger partial charge in [0.05, 0.1) is 6.61 Å². The molecular formula is C3H8O4. The molecule has 0 amide bonds. The molecule has 0 aromatic heterocycles. The number of aliphatic hydroxyl groups excluding tert-OH is 1. The molecule has 44 valence electrons. The highest BCUT2D eigenvalue weighted by atomic mass is 17.4. The molecule has 0 bridgehead atoms. The number of rotatable bonds is 1. The lowest BCUT2D eigenvalue weighted by Gasteiger charge is -1.60. The van der Waals surface area contributed by atoms with E-state index in [2.05, 4.69) is 11.6 Å². The molecule has 4 nitrogen and oxygen atoms in total. The van der Waals surface area contributed by atoms with E-state index in [9.17, 15) is 0 Å². The maximum absolute atomic E-state index is 7.76. The Morgan fingerprint density at radius 1 is 1.57 bits per heavy atom. The molecule has 0 heterocycles. The average molecular weight is 108 g/mol. The van der Waals surface area contributed by atoms with Gasteiger partial charge in [0.1, 0.15) is 0 Å². The summed E-state index contributed by atoms with van der Waals surface area (Å²) in [7, 11) is 0. The molecular weight excluding hydrogens is 100 g/mol. The summed E-state index contributed by atoms with van der Waals surface area (Å²) in [6.07, 6.45) is 1.43. The van der Waals surface area contributed by atoms with Crippen LogP contribution < -0.4 is 0 Å². The van der Waals surface area contributed by atoms with Crippen LogP contribution in [0.4, 0.5) is 0 Å². The minimum Gasteiger partial charge on any atom is -0.392 e. The fourth-order valence-corrected chi connectivity index (χ4v) is 0. The van der Waals surface area contributed by atoms with Crippen LogP contribution in [0, 0.1) is 0 Å². The van der Waals surface area contributed by atoms with Gasteiger partial charge in [-0.25, -0.2) is 10.5 Å². The van der Waals surface area contributed by atoms with Crippen LogP contribution in [-0.2, 0) is 5.04 Å². The summed E-state index contributed by atoms with van der Waals surface area (Å²) in [4.78, 5) is 0. The van der Waals surface area contributed by atoms with Crippen LogP contribution in [0.15, 0.2) is 12.7 Å². The summed E-state index contributed by atoms with van der Waals surface area (Å²) in [5.74, 6) is 0. The van der Waals surface area contributed by atoms with E-state index in [0.717, 1.165) is 0 Å². The molecule has 0 aromatic carbocycles. The molecule has 3 N–H and O–H groups in total. The maximum atomic E-state index is 7.76. The summed E-state index contributed by atoms with van der Waals surface area (Å²) in [5.41, 5.74) is 0. The number of hydrogen-bond donors (Lipinski definition) is 3. The minimum atomic E-state index is 0.0833. The highest BCUT2D eigenvalue weighted by Crippen LogP contribution is 1.46. The van der Waals surface area contributed by atoms with E-state index in [-0.39, 0.29) is 6.61 Å². The standard InChI is InChI=1S/C3H6O.H2O3/c1-2-3-4;1-3-2/h2,4H,1,3H2;1-2H. The highest BCUT2D eigenvalue weighted by molar-refractivity contribution is 4.60. The molecule has 0 rings (SSSR count). The Morgan fingerprint density at radius 3 is 1.71 bits per heavy atom. The molecule has 0 aliphatic carbocycles. The Bertz CT molecular complexity index is 28.1. The van der Waals surface area contributed by atoms with Crippen molar-refractivity contribution in [1.29, 1.82) is 0 Å². The Morgan fingerprint density at radius 2 is 1.71 bits per heavy atom. The van der Waals surface area contributed by atoms with Crippen molar-refractivity contribution in [2.24, 2.45) is 0 Å². The number of hydrogen-bond acceptors (Lipinski definition) is 4. The zero-order chi connectivity index (χ0) is 6.12. The second kappa shape index (κ2) is 17.6. The molecule has 4 heteroatoms. The second-order valence-corrected chi connectivity index (χ2v) is 0.553. The van der Waals surface area contributed by atoms with Gasteiger partial charge in [-0.3, -0.25) is 0 Å². The zero-order valence-electron chi connectivity index (χ0n) is 3.74. The summed E-state index contributed by atoms with van der Waals surface area (Å²) in [6, 6.07) is 0. The van der Waals surface area contributed by atoms with Gasteiger partial charge in [-0.2, -0.15) is 0 Å². The lowest BCUT2D eigenvalue weighted by atomic mass is 10.7. The van der Waals surface area contributed by atoms with E-state index in [1.54, 1.807) is 0 Å². The van der Waals surface area contributed by atoms with Crippen LogP contribution in [0.1, 0.15) is 0 Å². The van der Waals surface area contributed by atoms with Gasteiger partial charge in [0, 0.05) is 0 Å². The SMILES string of the molecule is C=CCO.OOO. The van der Waals surface area contributed by atoms with Gasteiger partial charge in [-0.05, 0) is 0 Å². The van der Waals surface area contributed by atoms with Gasteiger partial charge >= 0.3 is 0 Å². The normalized spacial score (nSPS) is 6.14. The number of aliphatic hydroxyl groups is 1. The summed E-state index contributed by atoms with van der Waals surface area (Å²) in [6.45, 7) is 3.31. The first-order valence-electron chi connectivity index (χ1n) is 1.50. The molecule has 0 radical (unpaired) electrons. The summed E-state index contributed by atoms with van der Waals surface area (Å²) in [5, 5.41) is 23.3. The smallest absolute Gasteiger partial charge is 0.0609 e. The van der Waals surface area contributed by atoms with Crippen molar-refractivity contribution < 1.29 is 20.7 Å². The lowest BCUT2D eigenvalue weighted by Crippen LogP contribution is -1.62. The molecule has 0 aliphatic heterocycles. The van der Waals surface area contributed by atoms with Crippen molar-refractivity contribution in [3.8, 4) is 0 Å². The molecule has 0 saturated heterocycles. The van der Waals surface area contributed by atoms with Crippen molar-refractivity contribution in [3.05, 3.63) is 12.7 Å². The topological polar surface area (TPSA) is 69.9 Å². The van der Waals surface area contributed by atoms with Gasteiger partial charge in [0.25, 0.3) is 0 Å². The van der Waals surface area contributed by atoms with Gasteiger partial charge in [0.2, 0.25) is 0 Å². The Kier molecular flexibility index (Phi) is 24.5.